The number of aryl methyl sites for hydroxylation is 2. The number of rotatable bonds is 5. The van der Waals surface area contributed by atoms with Gasteiger partial charge >= 0.3 is 5.56 Å². The van der Waals surface area contributed by atoms with Gasteiger partial charge in [-0.2, -0.15) is 8.91 Å². The van der Waals surface area contributed by atoms with Crippen molar-refractivity contribution in [2.75, 3.05) is 11.4 Å². The number of fused-ring (bicyclic) bond motifs is 1. The number of hydrogen-bond acceptors (Lipinski definition) is 8. The van der Waals surface area contributed by atoms with Gasteiger partial charge in [0.05, 0.1) is 29.8 Å². The molecule has 0 aliphatic carbocycles. The maximum Gasteiger partial charge on any atom is 0.311 e. The third kappa shape index (κ3) is 3.69. The van der Waals surface area contributed by atoms with Gasteiger partial charge in [0, 0.05) is 12.7 Å². The third-order valence-electron chi connectivity index (χ3n) is 4.83. The highest BCUT2D eigenvalue weighted by Crippen LogP contribution is 2.29. The van der Waals surface area contributed by atoms with E-state index in [-0.39, 0.29) is 18.1 Å². The first-order valence-corrected chi connectivity index (χ1v) is 10.2. The average Bonchev–Trinajstić information content (AvgIpc) is 3.37. The molecule has 9 nitrogen and oxygen atoms in total. The second-order valence-electron chi connectivity index (χ2n) is 6.83. The van der Waals surface area contributed by atoms with E-state index in [1.165, 1.54) is 11.3 Å². The molecule has 11 heteroatoms. The highest BCUT2D eigenvalue weighted by Gasteiger charge is 2.33. The van der Waals surface area contributed by atoms with Crippen LogP contribution in [0.4, 0.5) is 9.52 Å². The van der Waals surface area contributed by atoms with Crippen molar-refractivity contribution < 1.29 is 9.18 Å². The van der Waals surface area contributed by atoms with Gasteiger partial charge in [-0.15, -0.1) is 5.10 Å². The lowest BCUT2D eigenvalue weighted by molar-refractivity contribution is -0.122. The maximum atomic E-state index is 14.1. The summed E-state index contributed by atoms with van der Waals surface area (Å²) >= 11 is 1.18. The minimum atomic E-state index is -0.878. The molecule has 0 aromatic carbocycles. The van der Waals surface area contributed by atoms with E-state index in [1.54, 1.807) is 19.3 Å². The predicted octanol–water partition coefficient (Wildman–Crippen LogP) is 1.24. The molecule has 29 heavy (non-hydrogen) atoms. The van der Waals surface area contributed by atoms with Crippen LogP contribution >= 0.6 is 11.3 Å². The Kier molecular flexibility index (Phi) is 5.22. The Balaban J connectivity index is 1.54. The topological polar surface area (TPSA) is 105 Å². The molecule has 0 spiro atoms. The Labute approximate surface area is 169 Å². The third-order valence-corrected chi connectivity index (χ3v) is 5.77. The van der Waals surface area contributed by atoms with Crippen LogP contribution < -0.4 is 15.8 Å². The molecular formula is C18H20FN7O2S. The van der Waals surface area contributed by atoms with E-state index in [4.69, 9.17) is 0 Å². The summed E-state index contributed by atoms with van der Waals surface area (Å²) in [5.74, 6) is -1.03. The Hall–Kier alpha value is -2.95. The fourth-order valence-electron chi connectivity index (χ4n) is 3.28. The smallest absolute Gasteiger partial charge is 0.311 e. The Morgan fingerprint density at radius 3 is 2.93 bits per heavy atom. The monoisotopic (exact) mass is 417 g/mol. The molecule has 1 aliphatic heterocycles. The summed E-state index contributed by atoms with van der Waals surface area (Å²) in [4.78, 5) is 39.7. The van der Waals surface area contributed by atoms with Crippen LogP contribution in [0.5, 0.6) is 0 Å². The molecule has 4 heterocycles. The van der Waals surface area contributed by atoms with Gasteiger partial charge in [0.25, 0.3) is 0 Å². The normalized spacial score (nSPS) is 16.5. The minimum absolute atomic E-state index is 0.125. The Bertz CT molecular complexity index is 1110. The van der Waals surface area contributed by atoms with Crippen LogP contribution in [0.25, 0.3) is 4.96 Å². The summed E-state index contributed by atoms with van der Waals surface area (Å²) in [5, 5.41) is 7.60. The summed E-state index contributed by atoms with van der Waals surface area (Å²) in [6, 6.07) is -0.417. The van der Waals surface area contributed by atoms with Gasteiger partial charge in [-0.1, -0.05) is 18.3 Å². The number of nitrogens with one attached hydrogen (secondary N) is 1. The molecule has 152 valence electrons. The molecule has 4 rings (SSSR count). The number of nitrogens with zero attached hydrogens (tertiary/aromatic N) is 6. The van der Waals surface area contributed by atoms with Crippen molar-refractivity contribution in [3.63, 3.8) is 0 Å². The second kappa shape index (κ2) is 7.82. The number of amides is 1. The summed E-state index contributed by atoms with van der Waals surface area (Å²) < 4.78 is 15.1. The highest BCUT2D eigenvalue weighted by molar-refractivity contribution is 7.20. The Morgan fingerprint density at radius 2 is 2.21 bits per heavy atom. The largest absolute Gasteiger partial charge is 0.349 e. The summed E-state index contributed by atoms with van der Waals surface area (Å²) in [6.45, 7) is 4.49. The summed E-state index contributed by atoms with van der Waals surface area (Å²) in [7, 11) is 0. The summed E-state index contributed by atoms with van der Waals surface area (Å²) in [5.41, 5.74) is 0.795. The maximum absolute atomic E-state index is 14.1. The number of carbonyl (C=O) groups is 1. The predicted molar refractivity (Wildman–Crippen MR) is 105 cm³/mol. The van der Waals surface area contributed by atoms with E-state index in [1.807, 2.05) is 11.8 Å². The van der Waals surface area contributed by atoms with Gasteiger partial charge in [0.1, 0.15) is 6.04 Å². The van der Waals surface area contributed by atoms with Gasteiger partial charge in [0.15, 0.2) is 0 Å². The molecule has 1 fully saturated rings. The highest BCUT2D eigenvalue weighted by atomic mass is 32.1. The van der Waals surface area contributed by atoms with Gasteiger partial charge in [0.2, 0.25) is 21.8 Å². The van der Waals surface area contributed by atoms with Crippen LogP contribution in [0, 0.1) is 12.7 Å². The second-order valence-corrected chi connectivity index (χ2v) is 7.76. The van der Waals surface area contributed by atoms with Crippen LogP contribution in [0.15, 0.2) is 17.2 Å². The van der Waals surface area contributed by atoms with Crippen molar-refractivity contribution in [2.24, 2.45) is 0 Å². The molecule has 3 aromatic rings. The fraction of sp³-hybridized carbons (Fsp3) is 0.444. The van der Waals surface area contributed by atoms with Crippen LogP contribution in [-0.2, 0) is 17.8 Å². The average molecular weight is 417 g/mol. The van der Waals surface area contributed by atoms with Crippen LogP contribution in [0.3, 0.4) is 0 Å². The van der Waals surface area contributed by atoms with E-state index in [9.17, 15) is 14.0 Å². The number of anilines is 1. The molecule has 0 radical (unpaired) electrons. The minimum Gasteiger partial charge on any atom is -0.349 e. The molecule has 0 unspecified atom stereocenters. The quantitative estimate of drug-likeness (QED) is 0.666. The molecule has 1 atom stereocenters. The van der Waals surface area contributed by atoms with Gasteiger partial charge in [-0.3, -0.25) is 19.6 Å². The number of hydrogen-bond donors (Lipinski definition) is 1. The molecule has 1 saturated heterocycles. The first-order chi connectivity index (χ1) is 14.0. The van der Waals surface area contributed by atoms with E-state index in [0.717, 1.165) is 16.6 Å². The lowest BCUT2D eigenvalue weighted by atomic mass is 10.2. The van der Waals surface area contributed by atoms with Gasteiger partial charge in [-0.05, 0) is 26.2 Å². The van der Waals surface area contributed by atoms with Gasteiger partial charge in [-0.25, -0.2) is 4.98 Å². The molecule has 3 aromatic heterocycles. The molecular weight excluding hydrogens is 397 g/mol. The Morgan fingerprint density at radius 1 is 1.38 bits per heavy atom. The lowest BCUT2D eigenvalue weighted by Gasteiger charge is -2.22. The standard InChI is InChI=1S/C18H20FN7O2S/c1-3-12-14(19)16(28)26-17(23-12)29-18(24-26)25-6-4-5-13(25)15(27)22-9-11-8-20-10(2)7-21-11/h7-8,13H,3-6,9H2,1-2H3,(H,22,27)/t13-/m1/s1. The van der Waals surface area contributed by atoms with E-state index in [0.29, 0.717) is 35.2 Å². The molecule has 0 bridgehead atoms. The summed E-state index contributed by atoms with van der Waals surface area (Å²) in [6.07, 6.45) is 5.08. The van der Waals surface area contributed by atoms with Crippen molar-refractivity contribution >= 4 is 27.3 Å². The molecule has 1 amide bonds. The van der Waals surface area contributed by atoms with Crippen molar-refractivity contribution in [2.45, 2.75) is 45.7 Å². The number of carbonyl (C=O) groups excluding carboxylic acids is 1. The zero-order valence-electron chi connectivity index (χ0n) is 16.1. The van der Waals surface area contributed by atoms with Crippen molar-refractivity contribution in [1.29, 1.82) is 0 Å². The SMILES string of the molecule is CCc1nc2sc(N3CCC[C@@H]3C(=O)NCc3cnc(C)cn3)nn2c(=O)c1F. The van der Waals surface area contributed by atoms with Gasteiger partial charge < -0.3 is 10.2 Å². The zero-order chi connectivity index (χ0) is 20.5. The van der Waals surface area contributed by atoms with Crippen LogP contribution in [0.1, 0.15) is 36.8 Å². The first-order valence-electron chi connectivity index (χ1n) is 9.38. The number of halogens is 1. The van der Waals surface area contributed by atoms with Crippen molar-refractivity contribution in [1.82, 2.24) is 29.9 Å². The van der Waals surface area contributed by atoms with E-state index in [2.05, 4.69) is 25.4 Å². The van der Waals surface area contributed by atoms with Crippen molar-refractivity contribution in [3.05, 3.63) is 45.6 Å². The number of aromatic nitrogens is 5. The zero-order valence-corrected chi connectivity index (χ0v) is 16.9. The van der Waals surface area contributed by atoms with Crippen LogP contribution in [-0.4, -0.2) is 43.1 Å². The molecule has 0 saturated carbocycles. The lowest BCUT2D eigenvalue weighted by Crippen LogP contribution is -2.43. The first kappa shape index (κ1) is 19.4. The van der Waals surface area contributed by atoms with Crippen molar-refractivity contribution in [3.8, 4) is 0 Å². The van der Waals surface area contributed by atoms with E-state index >= 15 is 0 Å². The van der Waals surface area contributed by atoms with E-state index < -0.39 is 17.4 Å². The van der Waals surface area contributed by atoms with Crippen LogP contribution in [0.2, 0.25) is 0 Å². The fourth-order valence-corrected chi connectivity index (χ4v) is 4.27. The molecule has 1 N–H and O–H groups in total. The molecule has 1 aliphatic rings.